The Morgan fingerprint density at radius 2 is 2.23 bits per heavy atom. The van der Waals surface area contributed by atoms with Gasteiger partial charge in [0.25, 0.3) is 5.69 Å². The zero-order valence-corrected chi connectivity index (χ0v) is 8.04. The summed E-state index contributed by atoms with van der Waals surface area (Å²) in [6.07, 6.45) is 0.979. The zero-order valence-electron chi connectivity index (χ0n) is 6.45. The van der Waals surface area contributed by atoms with Crippen molar-refractivity contribution in [1.82, 2.24) is 0 Å². The topological polar surface area (TPSA) is 93.0 Å². The van der Waals surface area contributed by atoms with Gasteiger partial charge < -0.3 is 11.1 Å². The van der Waals surface area contributed by atoms with Crippen LogP contribution in [-0.2, 0) is 0 Å². The van der Waals surface area contributed by atoms with Gasteiger partial charge in [0, 0.05) is 28.4 Å². The highest BCUT2D eigenvalue weighted by Gasteiger charge is 2.11. The minimum atomic E-state index is -0.531. The fourth-order valence-electron chi connectivity index (χ4n) is 0.849. The van der Waals surface area contributed by atoms with E-state index in [9.17, 15) is 10.1 Å². The molecule has 68 valence electrons. The summed E-state index contributed by atoms with van der Waals surface area (Å²) in [6, 6.07) is 2.56. The van der Waals surface area contributed by atoms with Gasteiger partial charge in [0.15, 0.2) is 0 Å². The molecule has 1 aromatic carbocycles. The highest BCUT2D eigenvalue weighted by Crippen LogP contribution is 2.27. The Bertz CT molecular complexity index is 378. The van der Waals surface area contributed by atoms with Crippen LogP contribution in [0.15, 0.2) is 16.6 Å². The Morgan fingerprint density at radius 3 is 2.69 bits per heavy atom. The van der Waals surface area contributed by atoms with E-state index in [4.69, 9.17) is 11.1 Å². The van der Waals surface area contributed by atoms with Crippen molar-refractivity contribution in [3.05, 3.63) is 32.3 Å². The van der Waals surface area contributed by atoms with Gasteiger partial charge in [0.05, 0.1) is 10.6 Å². The smallest absolute Gasteiger partial charge is 0.271 e. The molecule has 0 saturated carbocycles. The Morgan fingerprint density at radius 1 is 1.62 bits per heavy atom. The maximum absolute atomic E-state index is 10.4. The largest absolute Gasteiger partial charge is 0.397 e. The Kier molecular flexibility index (Phi) is 2.62. The summed E-state index contributed by atoms with van der Waals surface area (Å²) in [7, 11) is 0. The molecule has 0 radical (unpaired) electrons. The molecular formula is C7H6BrN3O2. The molecule has 0 bridgehead atoms. The number of halogens is 1. The number of non-ortho nitro benzene ring substituents is 1. The van der Waals surface area contributed by atoms with Gasteiger partial charge in [-0.2, -0.15) is 0 Å². The molecule has 6 heteroatoms. The third kappa shape index (κ3) is 1.83. The van der Waals surface area contributed by atoms with Gasteiger partial charge in [-0.25, -0.2) is 0 Å². The van der Waals surface area contributed by atoms with Crippen LogP contribution in [0.25, 0.3) is 0 Å². The number of hydrogen-bond donors (Lipinski definition) is 2. The first-order valence-electron chi connectivity index (χ1n) is 3.30. The first kappa shape index (κ1) is 9.66. The molecule has 0 aromatic heterocycles. The number of nitrogens with zero attached hydrogens (tertiary/aromatic N) is 1. The van der Waals surface area contributed by atoms with Crippen molar-refractivity contribution in [3.63, 3.8) is 0 Å². The summed E-state index contributed by atoms with van der Waals surface area (Å²) >= 11 is 3.07. The third-order valence-corrected chi connectivity index (χ3v) is 2.17. The van der Waals surface area contributed by atoms with E-state index in [1.165, 1.54) is 12.1 Å². The van der Waals surface area contributed by atoms with Crippen molar-refractivity contribution in [3.8, 4) is 0 Å². The second-order valence-corrected chi connectivity index (χ2v) is 3.19. The number of benzene rings is 1. The molecule has 3 N–H and O–H groups in total. The van der Waals surface area contributed by atoms with Crippen molar-refractivity contribution in [2.75, 3.05) is 5.73 Å². The molecule has 0 aliphatic heterocycles. The molecule has 0 amide bonds. The first-order chi connectivity index (χ1) is 6.06. The molecular weight excluding hydrogens is 238 g/mol. The average Bonchev–Trinajstić information content (AvgIpc) is 2.09. The van der Waals surface area contributed by atoms with Crippen LogP contribution >= 0.6 is 15.9 Å². The van der Waals surface area contributed by atoms with Crippen LogP contribution < -0.4 is 5.73 Å². The second-order valence-electron chi connectivity index (χ2n) is 2.33. The molecule has 13 heavy (non-hydrogen) atoms. The molecule has 1 rings (SSSR count). The summed E-state index contributed by atoms with van der Waals surface area (Å²) in [5, 5.41) is 17.4. The predicted molar refractivity (Wildman–Crippen MR) is 53.1 cm³/mol. The van der Waals surface area contributed by atoms with E-state index in [2.05, 4.69) is 15.9 Å². The summed E-state index contributed by atoms with van der Waals surface area (Å²) in [5.74, 6) is 0. The molecule has 0 saturated heterocycles. The number of nitrogens with one attached hydrogen (secondary N) is 1. The predicted octanol–water partition coefficient (Wildman–Crippen LogP) is 1.94. The van der Waals surface area contributed by atoms with Crippen molar-refractivity contribution in [1.29, 1.82) is 5.41 Å². The number of nitrogen functional groups attached to an aromatic ring is 1. The van der Waals surface area contributed by atoms with Gasteiger partial charge >= 0.3 is 0 Å². The number of rotatable bonds is 2. The maximum atomic E-state index is 10.4. The lowest BCUT2D eigenvalue weighted by molar-refractivity contribution is -0.384. The van der Waals surface area contributed by atoms with E-state index >= 15 is 0 Å². The number of nitro benzene ring substituents is 1. The molecule has 5 nitrogen and oxygen atoms in total. The van der Waals surface area contributed by atoms with Crippen LogP contribution in [0.3, 0.4) is 0 Å². The van der Waals surface area contributed by atoms with Crippen LogP contribution in [0.4, 0.5) is 11.4 Å². The standard InChI is InChI=1S/C7H6BrN3O2/c8-6-2-5(11(12)13)1-4(3-9)7(6)10/h1-3,9H,10H2. The highest BCUT2D eigenvalue weighted by molar-refractivity contribution is 9.10. The molecule has 0 spiro atoms. The molecule has 0 aliphatic carbocycles. The van der Waals surface area contributed by atoms with Gasteiger partial charge in [-0.1, -0.05) is 0 Å². The monoisotopic (exact) mass is 243 g/mol. The number of hydrogen-bond acceptors (Lipinski definition) is 4. The Labute approximate surface area is 82.3 Å². The summed E-state index contributed by atoms with van der Waals surface area (Å²) < 4.78 is 0.431. The van der Waals surface area contributed by atoms with Gasteiger partial charge in [0.2, 0.25) is 0 Å². The third-order valence-electron chi connectivity index (χ3n) is 1.51. The van der Waals surface area contributed by atoms with E-state index < -0.39 is 4.92 Å². The van der Waals surface area contributed by atoms with Crippen LogP contribution in [0, 0.1) is 15.5 Å². The Hall–Kier alpha value is -1.43. The molecule has 0 atom stereocenters. The van der Waals surface area contributed by atoms with Crippen molar-refractivity contribution < 1.29 is 4.92 Å². The van der Waals surface area contributed by atoms with Crippen LogP contribution in [0.2, 0.25) is 0 Å². The number of nitro groups is 1. The number of nitrogens with two attached hydrogens (primary N) is 1. The van der Waals surface area contributed by atoms with Gasteiger partial charge in [-0.05, 0) is 15.9 Å². The van der Waals surface area contributed by atoms with E-state index in [1.54, 1.807) is 0 Å². The molecule has 0 heterocycles. The van der Waals surface area contributed by atoms with Crippen molar-refractivity contribution in [2.24, 2.45) is 0 Å². The fraction of sp³-hybridized carbons (Fsp3) is 0. The fourth-order valence-corrected chi connectivity index (χ4v) is 1.31. The average molecular weight is 244 g/mol. The first-order valence-corrected chi connectivity index (χ1v) is 4.09. The van der Waals surface area contributed by atoms with E-state index in [1.807, 2.05) is 0 Å². The van der Waals surface area contributed by atoms with Crippen molar-refractivity contribution >= 4 is 33.5 Å². The van der Waals surface area contributed by atoms with Crippen LogP contribution in [0.1, 0.15) is 5.56 Å². The van der Waals surface area contributed by atoms with Gasteiger partial charge in [-0.15, -0.1) is 0 Å². The summed E-state index contributed by atoms with van der Waals surface area (Å²) in [5.41, 5.74) is 6.13. The SMILES string of the molecule is N=Cc1cc([N+](=O)[O-])cc(Br)c1N. The zero-order chi connectivity index (χ0) is 10.0. The molecule has 0 aliphatic rings. The van der Waals surface area contributed by atoms with Gasteiger partial charge in [0.1, 0.15) is 0 Å². The highest BCUT2D eigenvalue weighted by atomic mass is 79.9. The second kappa shape index (κ2) is 3.53. The van der Waals surface area contributed by atoms with Crippen molar-refractivity contribution in [2.45, 2.75) is 0 Å². The summed E-state index contributed by atoms with van der Waals surface area (Å²) in [6.45, 7) is 0. The minimum absolute atomic E-state index is 0.0837. The maximum Gasteiger partial charge on any atom is 0.271 e. The lowest BCUT2D eigenvalue weighted by atomic mass is 10.2. The quantitative estimate of drug-likeness (QED) is 0.360. The molecule has 0 fully saturated rings. The van der Waals surface area contributed by atoms with Gasteiger partial charge in [-0.3, -0.25) is 10.1 Å². The summed E-state index contributed by atoms with van der Waals surface area (Å²) in [4.78, 5) is 9.87. The minimum Gasteiger partial charge on any atom is -0.397 e. The molecule has 0 unspecified atom stereocenters. The lowest BCUT2D eigenvalue weighted by Crippen LogP contribution is -1.97. The number of anilines is 1. The van der Waals surface area contributed by atoms with E-state index in [-0.39, 0.29) is 5.69 Å². The molecule has 1 aromatic rings. The Balaban J connectivity index is 3.38. The van der Waals surface area contributed by atoms with Crippen LogP contribution in [0.5, 0.6) is 0 Å². The normalized spacial score (nSPS) is 9.62. The van der Waals surface area contributed by atoms with Crippen LogP contribution in [-0.4, -0.2) is 11.1 Å². The van der Waals surface area contributed by atoms with E-state index in [0.717, 1.165) is 6.21 Å². The van der Waals surface area contributed by atoms with E-state index in [0.29, 0.717) is 15.7 Å². The lowest BCUT2D eigenvalue weighted by Gasteiger charge is -2.01.